The average Bonchev–Trinajstić information content (AvgIpc) is 3.52. The Labute approximate surface area is 181 Å². The van der Waals surface area contributed by atoms with Crippen molar-refractivity contribution in [2.75, 3.05) is 13.1 Å². The monoisotopic (exact) mass is 436 g/mol. The normalized spacial score (nSPS) is 19.9. The molecule has 0 spiro atoms. The van der Waals surface area contributed by atoms with E-state index in [-0.39, 0.29) is 17.0 Å². The topological polar surface area (TPSA) is 84.5 Å². The van der Waals surface area contributed by atoms with E-state index in [1.165, 1.54) is 6.33 Å². The summed E-state index contributed by atoms with van der Waals surface area (Å²) in [5.74, 6) is 0.0384. The lowest BCUT2D eigenvalue weighted by Gasteiger charge is -2.20. The van der Waals surface area contributed by atoms with Crippen LogP contribution in [0.3, 0.4) is 0 Å². The lowest BCUT2D eigenvalue weighted by Crippen LogP contribution is -2.36. The van der Waals surface area contributed by atoms with Gasteiger partial charge in [-0.3, -0.25) is 0 Å². The molecule has 2 atom stereocenters. The molecule has 4 aromatic rings. The number of fused-ring (bicyclic) bond motifs is 1. The first kappa shape index (κ1) is 19.9. The molecule has 0 aliphatic carbocycles. The maximum absolute atomic E-state index is 13.2. The van der Waals surface area contributed by atoms with Crippen LogP contribution in [0.25, 0.3) is 5.52 Å². The molecule has 3 aromatic heterocycles. The minimum atomic E-state index is -3.66. The molecule has 0 unspecified atom stereocenters. The number of rotatable bonds is 6. The molecule has 9 heteroatoms. The van der Waals surface area contributed by atoms with Crippen molar-refractivity contribution in [3.63, 3.8) is 0 Å². The van der Waals surface area contributed by atoms with Gasteiger partial charge >= 0.3 is 0 Å². The van der Waals surface area contributed by atoms with Crippen molar-refractivity contribution in [3.05, 3.63) is 84.6 Å². The van der Waals surface area contributed by atoms with E-state index < -0.39 is 10.0 Å². The summed E-state index contributed by atoms with van der Waals surface area (Å²) in [7, 11) is -1.89. The summed E-state index contributed by atoms with van der Waals surface area (Å²) in [6, 6.07) is 18.1. The minimum absolute atomic E-state index is 0.0355. The molecular weight excluding hydrogens is 412 g/mol. The fourth-order valence-corrected chi connectivity index (χ4v) is 5.70. The molecule has 5 rings (SSSR count). The maximum atomic E-state index is 13.2. The molecule has 1 aromatic carbocycles. The van der Waals surface area contributed by atoms with Gasteiger partial charge in [0.2, 0.25) is 0 Å². The highest BCUT2D eigenvalue weighted by Crippen LogP contribution is 2.31. The third kappa shape index (κ3) is 3.76. The largest absolute Gasteiger partial charge is 0.339 e. The second-order valence-corrected chi connectivity index (χ2v) is 9.77. The van der Waals surface area contributed by atoms with Crippen molar-refractivity contribution in [1.82, 2.24) is 28.8 Å². The molecule has 0 saturated carbocycles. The van der Waals surface area contributed by atoms with Gasteiger partial charge in [-0.1, -0.05) is 36.4 Å². The number of benzene rings is 1. The van der Waals surface area contributed by atoms with Crippen LogP contribution in [0.15, 0.2) is 78.3 Å². The van der Waals surface area contributed by atoms with Crippen molar-refractivity contribution in [3.8, 4) is 0 Å². The van der Waals surface area contributed by atoms with Crippen molar-refractivity contribution in [2.45, 2.75) is 23.5 Å². The summed E-state index contributed by atoms with van der Waals surface area (Å²) < 4.78 is 31.5. The predicted molar refractivity (Wildman–Crippen MR) is 117 cm³/mol. The quantitative estimate of drug-likeness (QED) is 0.500. The van der Waals surface area contributed by atoms with Crippen LogP contribution < -0.4 is 5.32 Å². The van der Waals surface area contributed by atoms with E-state index in [0.717, 1.165) is 16.8 Å². The van der Waals surface area contributed by atoms with Gasteiger partial charge < -0.3 is 9.88 Å². The van der Waals surface area contributed by atoms with Gasteiger partial charge in [0.25, 0.3) is 10.0 Å². The second-order valence-electron chi connectivity index (χ2n) is 7.89. The third-order valence-corrected chi connectivity index (χ3v) is 7.56. The molecule has 1 fully saturated rings. The number of aromatic nitrogens is 4. The molecule has 1 aliphatic rings. The summed E-state index contributed by atoms with van der Waals surface area (Å²) in [5, 5.41) is 8.08. The minimum Gasteiger partial charge on any atom is -0.339 e. The van der Waals surface area contributed by atoms with Gasteiger partial charge in [-0.25, -0.2) is 17.9 Å². The zero-order valence-electron chi connectivity index (χ0n) is 17.2. The zero-order valence-corrected chi connectivity index (χ0v) is 18.0. The van der Waals surface area contributed by atoms with Crippen LogP contribution in [0, 0.1) is 0 Å². The standard InChI is InChI=1S/C22H24N6O2S/c1-26-15-22(24-16-26)31(29,30)27-13-20(17-6-3-2-4-7-17)21(14-27)23-12-19-9-5-8-18-10-11-25-28(18)19/h2-11,15-16,20-21,23H,12-14H2,1H3/t20-,21+/m1/s1. The number of imidazole rings is 1. The van der Waals surface area contributed by atoms with Crippen molar-refractivity contribution < 1.29 is 8.42 Å². The lowest BCUT2D eigenvalue weighted by molar-refractivity contribution is 0.452. The van der Waals surface area contributed by atoms with Crippen LogP contribution in [0.4, 0.5) is 0 Å². The van der Waals surface area contributed by atoms with Crippen molar-refractivity contribution >= 4 is 15.5 Å². The van der Waals surface area contributed by atoms with Crippen LogP contribution in [0.1, 0.15) is 17.2 Å². The van der Waals surface area contributed by atoms with Gasteiger partial charge in [0.1, 0.15) is 0 Å². The number of nitrogens with one attached hydrogen (secondary N) is 1. The molecule has 1 N–H and O–H groups in total. The van der Waals surface area contributed by atoms with E-state index in [1.54, 1.807) is 28.3 Å². The van der Waals surface area contributed by atoms with E-state index >= 15 is 0 Å². The maximum Gasteiger partial charge on any atom is 0.262 e. The summed E-state index contributed by atoms with van der Waals surface area (Å²) in [6.07, 6.45) is 4.84. The van der Waals surface area contributed by atoms with E-state index in [2.05, 4.69) is 27.5 Å². The van der Waals surface area contributed by atoms with Gasteiger partial charge in [-0.15, -0.1) is 0 Å². The average molecular weight is 437 g/mol. The smallest absolute Gasteiger partial charge is 0.262 e. The van der Waals surface area contributed by atoms with Crippen LogP contribution in [0.2, 0.25) is 0 Å². The van der Waals surface area contributed by atoms with Crippen LogP contribution in [-0.2, 0) is 23.6 Å². The molecule has 1 saturated heterocycles. The van der Waals surface area contributed by atoms with Gasteiger partial charge in [0.05, 0.1) is 17.5 Å². The third-order valence-electron chi connectivity index (χ3n) is 5.84. The summed E-state index contributed by atoms with van der Waals surface area (Å²) in [5.41, 5.74) is 3.18. The Bertz CT molecular complexity index is 1300. The lowest BCUT2D eigenvalue weighted by atomic mass is 9.94. The number of nitrogens with zero attached hydrogens (tertiary/aromatic N) is 5. The fraction of sp³-hybridized carbons (Fsp3) is 0.273. The molecule has 4 heterocycles. The molecule has 1 aliphatic heterocycles. The Morgan fingerprint density at radius 3 is 2.68 bits per heavy atom. The Balaban J connectivity index is 1.42. The second kappa shape index (κ2) is 7.92. The highest BCUT2D eigenvalue weighted by atomic mass is 32.2. The first-order chi connectivity index (χ1) is 15.0. The van der Waals surface area contributed by atoms with E-state index in [4.69, 9.17) is 0 Å². The van der Waals surface area contributed by atoms with Crippen LogP contribution >= 0.6 is 0 Å². The highest BCUT2D eigenvalue weighted by Gasteiger charge is 2.40. The summed E-state index contributed by atoms with van der Waals surface area (Å²) in [6.45, 7) is 1.38. The van der Waals surface area contributed by atoms with Gasteiger partial charge in [0, 0.05) is 51.0 Å². The zero-order chi connectivity index (χ0) is 21.4. The Morgan fingerprint density at radius 2 is 1.90 bits per heavy atom. The first-order valence-corrected chi connectivity index (χ1v) is 11.6. The van der Waals surface area contributed by atoms with E-state index in [1.807, 2.05) is 47.0 Å². The molecule has 8 nitrogen and oxygen atoms in total. The number of hydrogen-bond acceptors (Lipinski definition) is 5. The summed E-state index contributed by atoms with van der Waals surface area (Å²) >= 11 is 0. The van der Waals surface area contributed by atoms with Crippen LogP contribution in [-0.4, -0.2) is 51.0 Å². The Kier molecular flexibility index (Phi) is 5.09. The number of pyridine rings is 1. The Hall–Kier alpha value is -3.01. The SMILES string of the molecule is Cn1cnc(S(=O)(=O)N2C[C@H](NCc3cccc4ccnn34)[C@@H](c3ccccc3)C2)c1. The van der Waals surface area contributed by atoms with Crippen LogP contribution in [0.5, 0.6) is 0 Å². The van der Waals surface area contributed by atoms with Gasteiger partial charge in [-0.2, -0.15) is 9.40 Å². The first-order valence-electron chi connectivity index (χ1n) is 10.2. The molecule has 0 radical (unpaired) electrons. The molecular formula is C22H24N6O2S. The highest BCUT2D eigenvalue weighted by molar-refractivity contribution is 7.89. The number of hydrogen-bond donors (Lipinski definition) is 1. The van der Waals surface area contributed by atoms with Crippen molar-refractivity contribution in [2.24, 2.45) is 7.05 Å². The number of aryl methyl sites for hydroxylation is 1. The Morgan fingerprint density at radius 1 is 1.06 bits per heavy atom. The molecule has 0 bridgehead atoms. The van der Waals surface area contributed by atoms with E-state index in [0.29, 0.717) is 19.6 Å². The summed E-state index contributed by atoms with van der Waals surface area (Å²) in [4.78, 5) is 4.08. The van der Waals surface area contributed by atoms with E-state index in [9.17, 15) is 8.42 Å². The predicted octanol–water partition coefficient (Wildman–Crippen LogP) is 2.01. The number of sulfonamides is 1. The fourth-order valence-electron chi connectivity index (χ4n) is 4.24. The molecule has 160 valence electrons. The van der Waals surface area contributed by atoms with Gasteiger partial charge in [-0.05, 0) is 23.8 Å². The molecule has 0 amide bonds. The van der Waals surface area contributed by atoms with Crippen molar-refractivity contribution in [1.29, 1.82) is 0 Å². The van der Waals surface area contributed by atoms with Gasteiger partial charge in [0.15, 0.2) is 5.03 Å². The molecule has 31 heavy (non-hydrogen) atoms.